The molecule has 6 rings (SSSR count). The molecule has 0 saturated carbocycles. The maximum atomic E-state index is 6.39. The average molecular weight is 469 g/mol. The fourth-order valence-corrected chi connectivity index (χ4v) is 4.80. The van der Waals surface area contributed by atoms with Crippen molar-refractivity contribution in [3.05, 3.63) is 64.1 Å². The molecule has 1 atom stereocenters. The molecule has 32 heavy (non-hydrogen) atoms. The Morgan fingerprint density at radius 2 is 1.94 bits per heavy atom. The number of nitrogen functional groups attached to an aromatic ring is 1. The topological polar surface area (TPSA) is 102 Å². The number of aromatic nitrogens is 5. The number of benzene rings is 1. The largest absolute Gasteiger partial charge is 0.461 e. The van der Waals surface area contributed by atoms with E-state index >= 15 is 0 Å². The van der Waals surface area contributed by atoms with Crippen molar-refractivity contribution in [2.24, 2.45) is 5.92 Å². The van der Waals surface area contributed by atoms with Gasteiger partial charge in [-0.25, -0.2) is 0 Å². The third-order valence-electron chi connectivity index (χ3n) is 5.87. The highest BCUT2D eigenvalue weighted by atomic mass is 35.5. The zero-order valence-electron chi connectivity index (χ0n) is 16.8. The molecule has 1 unspecified atom stereocenters. The van der Waals surface area contributed by atoms with Gasteiger partial charge in [0.2, 0.25) is 17.7 Å². The number of hydrogen-bond donors (Lipinski definition) is 1. The quantitative estimate of drug-likeness (QED) is 0.481. The maximum absolute atomic E-state index is 6.39. The van der Waals surface area contributed by atoms with Crippen molar-refractivity contribution in [2.75, 3.05) is 23.7 Å². The van der Waals surface area contributed by atoms with E-state index in [0.717, 1.165) is 25.1 Å². The smallest absolute Gasteiger partial charge is 0.259 e. The number of likely N-dealkylation sites (tertiary alicyclic amines) is 1. The molecule has 2 aliphatic heterocycles. The van der Waals surface area contributed by atoms with Crippen molar-refractivity contribution in [1.82, 2.24) is 29.5 Å². The lowest BCUT2D eigenvalue weighted by molar-refractivity contribution is 0.385. The van der Waals surface area contributed by atoms with Gasteiger partial charge in [-0.1, -0.05) is 29.3 Å². The first kappa shape index (κ1) is 19.4. The number of nitrogens with two attached hydrogens (primary N) is 1. The van der Waals surface area contributed by atoms with E-state index in [4.69, 9.17) is 33.4 Å². The predicted molar refractivity (Wildman–Crippen MR) is 121 cm³/mol. The summed E-state index contributed by atoms with van der Waals surface area (Å²) in [6, 6.07) is 9.15. The van der Waals surface area contributed by atoms with Gasteiger partial charge in [-0.05, 0) is 30.7 Å². The highest BCUT2D eigenvalue weighted by molar-refractivity contribution is 6.35. The Balaban J connectivity index is 1.30. The first-order valence-corrected chi connectivity index (χ1v) is 10.9. The summed E-state index contributed by atoms with van der Waals surface area (Å²) in [7, 11) is 0. The Morgan fingerprint density at radius 3 is 2.72 bits per heavy atom. The van der Waals surface area contributed by atoms with Crippen molar-refractivity contribution in [1.29, 1.82) is 0 Å². The van der Waals surface area contributed by atoms with Crippen LogP contribution in [0.4, 0.5) is 11.9 Å². The van der Waals surface area contributed by atoms with Crippen molar-refractivity contribution < 1.29 is 4.42 Å². The lowest BCUT2D eigenvalue weighted by Gasteiger charge is -2.21. The molecule has 11 heteroatoms. The highest BCUT2D eigenvalue weighted by Gasteiger charge is 2.36. The number of furan rings is 1. The van der Waals surface area contributed by atoms with Gasteiger partial charge < -0.3 is 20.0 Å². The van der Waals surface area contributed by atoms with E-state index in [2.05, 4.69) is 31.2 Å². The Morgan fingerprint density at radius 1 is 1.09 bits per heavy atom. The number of fused-ring (bicyclic) bond motifs is 2. The summed E-state index contributed by atoms with van der Waals surface area (Å²) in [5, 5.41) is 5.71. The van der Waals surface area contributed by atoms with Gasteiger partial charge in [0.25, 0.3) is 5.78 Å². The van der Waals surface area contributed by atoms with Gasteiger partial charge in [0.1, 0.15) is 0 Å². The van der Waals surface area contributed by atoms with Gasteiger partial charge in [-0.15, -0.1) is 5.10 Å². The summed E-state index contributed by atoms with van der Waals surface area (Å²) in [6.45, 7) is 2.38. The van der Waals surface area contributed by atoms with Crippen LogP contribution >= 0.6 is 23.2 Å². The molecule has 1 fully saturated rings. The normalized spacial score (nSPS) is 17.9. The molecule has 0 aliphatic carbocycles. The van der Waals surface area contributed by atoms with Crippen molar-refractivity contribution >= 4 is 40.9 Å². The van der Waals surface area contributed by atoms with E-state index in [1.807, 2.05) is 23.1 Å². The number of nitrogens with zero attached hydrogens (tertiary/aromatic N) is 7. The van der Waals surface area contributed by atoms with E-state index in [9.17, 15) is 0 Å². The van der Waals surface area contributed by atoms with Gasteiger partial charge in [0.05, 0.1) is 6.26 Å². The van der Waals surface area contributed by atoms with E-state index in [0.29, 0.717) is 45.8 Å². The molecule has 1 aromatic carbocycles. The minimum Gasteiger partial charge on any atom is -0.461 e. The first-order chi connectivity index (χ1) is 15.6. The fraction of sp³-hybridized carbons (Fsp3) is 0.238. The van der Waals surface area contributed by atoms with Gasteiger partial charge in [0, 0.05) is 53.1 Å². The molecule has 0 amide bonds. The van der Waals surface area contributed by atoms with E-state index in [-0.39, 0.29) is 5.95 Å². The standard InChI is InChI=1S/C21H18Cl2N8O/c22-14-3-1-4-15(23)13(14)10-29-7-6-12-9-30(11-16(12)29)20-26-19(24)31-21(27-20)25-18(28-31)17-5-2-8-32-17/h1-5,8,11-12H,6-7,9-10H2,(H2,24,25,26,27,28). The van der Waals surface area contributed by atoms with Gasteiger partial charge in [-0.2, -0.15) is 19.5 Å². The van der Waals surface area contributed by atoms with Crippen LogP contribution in [0.5, 0.6) is 0 Å². The molecular formula is C21H18Cl2N8O. The van der Waals surface area contributed by atoms with Crippen LogP contribution in [0.25, 0.3) is 17.4 Å². The Kier molecular flexibility index (Phi) is 4.48. The van der Waals surface area contributed by atoms with E-state index < -0.39 is 0 Å². The zero-order chi connectivity index (χ0) is 21.8. The summed E-state index contributed by atoms with van der Waals surface area (Å²) >= 11 is 12.8. The van der Waals surface area contributed by atoms with Gasteiger partial charge in [-0.3, -0.25) is 0 Å². The van der Waals surface area contributed by atoms with Crippen LogP contribution in [-0.2, 0) is 6.54 Å². The zero-order valence-corrected chi connectivity index (χ0v) is 18.3. The molecule has 2 N–H and O–H groups in total. The second-order valence-electron chi connectivity index (χ2n) is 7.82. The summed E-state index contributed by atoms with van der Waals surface area (Å²) < 4.78 is 6.79. The highest BCUT2D eigenvalue weighted by Crippen LogP contribution is 2.38. The van der Waals surface area contributed by atoms with Crippen molar-refractivity contribution in [3.8, 4) is 11.6 Å². The van der Waals surface area contributed by atoms with Crippen LogP contribution in [-0.4, -0.2) is 42.6 Å². The van der Waals surface area contributed by atoms with Crippen LogP contribution in [0.3, 0.4) is 0 Å². The first-order valence-electron chi connectivity index (χ1n) is 10.2. The Bertz CT molecular complexity index is 1330. The summed E-state index contributed by atoms with van der Waals surface area (Å²) in [5.41, 5.74) is 8.32. The fourth-order valence-electron chi connectivity index (χ4n) is 4.29. The van der Waals surface area contributed by atoms with Crippen LogP contribution in [0.2, 0.25) is 10.0 Å². The minimum absolute atomic E-state index is 0.213. The summed E-state index contributed by atoms with van der Waals surface area (Å²) in [5.74, 6) is 2.41. The average Bonchev–Trinajstić information content (AvgIpc) is 3.55. The summed E-state index contributed by atoms with van der Waals surface area (Å²) in [6.07, 6.45) is 4.69. The molecule has 9 nitrogen and oxygen atoms in total. The molecule has 4 aromatic rings. The maximum Gasteiger partial charge on any atom is 0.259 e. The van der Waals surface area contributed by atoms with Crippen LogP contribution in [0, 0.1) is 5.92 Å². The number of hydrogen-bond acceptors (Lipinski definition) is 8. The molecule has 3 aromatic heterocycles. The minimum atomic E-state index is 0.213. The van der Waals surface area contributed by atoms with Crippen LogP contribution in [0.1, 0.15) is 12.0 Å². The van der Waals surface area contributed by atoms with Gasteiger partial charge in [0.15, 0.2) is 5.76 Å². The lowest BCUT2D eigenvalue weighted by Crippen LogP contribution is -2.21. The monoisotopic (exact) mass is 468 g/mol. The molecule has 162 valence electrons. The molecule has 0 radical (unpaired) electrons. The molecule has 1 saturated heterocycles. The van der Waals surface area contributed by atoms with E-state index in [1.165, 1.54) is 10.2 Å². The van der Waals surface area contributed by atoms with Crippen molar-refractivity contribution in [3.63, 3.8) is 0 Å². The number of rotatable bonds is 4. The predicted octanol–water partition coefficient (Wildman–Crippen LogP) is 3.85. The lowest BCUT2D eigenvalue weighted by atomic mass is 10.1. The number of halogens is 2. The van der Waals surface area contributed by atoms with Crippen molar-refractivity contribution in [2.45, 2.75) is 13.0 Å². The molecule has 5 heterocycles. The second kappa shape index (κ2) is 7.39. The van der Waals surface area contributed by atoms with Crippen LogP contribution < -0.4 is 10.6 Å². The molecule has 0 bridgehead atoms. The number of anilines is 2. The van der Waals surface area contributed by atoms with E-state index in [1.54, 1.807) is 18.4 Å². The Hall–Kier alpha value is -3.30. The molecule has 0 spiro atoms. The SMILES string of the molecule is Nc1nc(N2C=C3C(CCN3Cc3c(Cl)cccc3Cl)C2)nc2nc(-c3ccco3)nn12. The third kappa shape index (κ3) is 3.16. The third-order valence-corrected chi connectivity index (χ3v) is 6.58. The summed E-state index contributed by atoms with van der Waals surface area (Å²) in [4.78, 5) is 17.8. The Labute approximate surface area is 193 Å². The molecule has 2 aliphatic rings. The van der Waals surface area contributed by atoms with Crippen LogP contribution in [0.15, 0.2) is 52.9 Å². The second-order valence-corrected chi connectivity index (χ2v) is 8.63. The molecular weight excluding hydrogens is 451 g/mol. The van der Waals surface area contributed by atoms with Gasteiger partial charge >= 0.3 is 0 Å².